The largest absolute Gasteiger partial charge is 0.346 e. The van der Waals surface area contributed by atoms with E-state index in [0.29, 0.717) is 18.7 Å². The van der Waals surface area contributed by atoms with Crippen molar-refractivity contribution in [2.45, 2.75) is 44.2 Å². The van der Waals surface area contributed by atoms with Gasteiger partial charge in [-0.05, 0) is 75.1 Å². The molecule has 7 nitrogen and oxygen atoms in total. The molecule has 1 aliphatic heterocycles. The van der Waals surface area contributed by atoms with E-state index >= 15 is 0 Å². The summed E-state index contributed by atoms with van der Waals surface area (Å²) in [5.74, 6) is -0.267. The molecule has 0 radical (unpaired) electrons. The summed E-state index contributed by atoms with van der Waals surface area (Å²) < 4.78 is 44.2. The molecule has 4 aromatic rings. The number of fused-ring (bicyclic) bond motifs is 1. The van der Waals surface area contributed by atoms with Gasteiger partial charge in [0.2, 0.25) is 10.0 Å². The highest BCUT2D eigenvalue weighted by molar-refractivity contribution is 7.89. The fourth-order valence-electron chi connectivity index (χ4n) is 4.87. The Morgan fingerprint density at radius 1 is 1.21 bits per heavy atom. The Labute approximate surface area is 192 Å². The Bertz CT molecular complexity index is 1430. The zero-order valence-electron chi connectivity index (χ0n) is 18.8. The topological polar surface area (TPSA) is 83.9 Å². The molecular weight excluding hydrogens is 441 g/mol. The van der Waals surface area contributed by atoms with Gasteiger partial charge < -0.3 is 4.57 Å². The van der Waals surface area contributed by atoms with Crippen LogP contribution in [0.15, 0.2) is 59.9 Å². The highest BCUT2D eigenvalue weighted by atomic mass is 32.2. The normalized spacial score (nSPS) is 18.8. The van der Waals surface area contributed by atoms with Crippen LogP contribution in [0.3, 0.4) is 0 Å². The molecule has 1 N–H and O–H groups in total. The number of nitrogens with one attached hydrogen (secondary N) is 1. The van der Waals surface area contributed by atoms with Crippen molar-refractivity contribution in [3.05, 3.63) is 66.4 Å². The predicted molar refractivity (Wildman–Crippen MR) is 125 cm³/mol. The molecule has 0 aliphatic carbocycles. The van der Waals surface area contributed by atoms with Crippen molar-refractivity contribution in [1.29, 1.82) is 0 Å². The van der Waals surface area contributed by atoms with Crippen LogP contribution in [-0.4, -0.2) is 44.6 Å². The van der Waals surface area contributed by atoms with E-state index in [-0.39, 0.29) is 10.8 Å². The third-order valence-electron chi connectivity index (χ3n) is 6.48. The van der Waals surface area contributed by atoms with Crippen LogP contribution in [0.2, 0.25) is 0 Å². The van der Waals surface area contributed by atoms with E-state index in [9.17, 15) is 12.8 Å². The number of hydrogen-bond donors (Lipinski definition) is 1. The molecule has 33 heavy (non-hydrogen) atoms. The molecule has 1 unspecified atom stereocenters. The molecule has 1 aliphatic rings. The maximum Gasteiger partial charge on any atom is 0.243 e. The Balaban J connectivity index is 1.39. The molecule has 3 aromatic heterocycles. The second-order valence-electron chi connectivity index (χ2n) is 9.39. The second-order valence-corrected chi connectivity index (χ2v) is 11.2. The van der Waals surface area contributed by atoms with Crippen LogP contribution >= 0.6 is 0 Å². The lowest BCUT2D eigenvalue weighted by atomic mass is 9.97. The second kappa shape index (κ2) is 7.78. The number of pyridine rings is 1. The summed E-state index contributed by atoms with van der Waals surface area (Å²) in [4.78, 5) is 4.87. The average Bonchev–Trinajstić information content (AvgIpc) is 3.49. The zero-order chi connectivity index (χ0) is 23.4. The van der Waals surface area contributed by atoms with Gasteiger partial charge in [0, 0.05) is 36.6 Å². The number of halogens is 1. The van der Waals surface area contributed by atoms with Crippen molar-refractivity contribution in [2.75, 3.05) is 6.54 Å². The van der Waals surface area contributed by atoms with Gasteiger partial charge in [-0.1, -0.05) is 0 Å². The molecule has 172 valence electrons. The van der Waals surface area contributed by atoms with E-state index < -0.39 is 21.4 Å². The first-order valence-electron chi connectivity index (χ1n) is 10.9. The minimum atomic E-state index is -3.73. The molecule has 0 bridgehead atoms. The first kappa shape index (κ1) is 21.8. The first-order chi connectivity index (χ1) is 15.6. The smallest absolute Gasteiger partial charge is 0.243 e. The number of nitrogens with zero attached hydrogens (tertiary/aromatic N) is 4. The van der Waals surface area contributed by atoms with Crippen LogP contribution < -0.4 is 0 Å². The lowest BCUT2D eigenvalue weighted by Gasteiger charge is -2.30. The summed E-state index contributed by atoms with van der Waals surface area (Å²) >= 11 is 0. The van der Waals surface area contributed by atoms with Crippen molar-refractivity contribution in [2.24, 2.45) is 5.92 Å². The lowest BCUT2D eigenvalue weighted by Crippen LogP contribution is -2.42. The minimum absolute atomic E-state index is 0.137. The predicted octanol–water partition coefficient (Wildman–Crippen LogP) is 4.36. The van der Waals surface area contributed by atoms with E-state index in [1.807, 2.05) is 44.4 Å². The van der Waals surface area contributed by atoms with E-state index in [4.69, 9.17) is 4.98 Å². The van der Waals surface area contributed by atoms with Gasteiger partial charge in [0.1, 0.15) is 5.82 Å². The monoisotopic (exact) mass is 467 g/mol. The SMILES string of the molecule is Cc1cc(S(=O)(=O)N2CC(Cn3ccc4nc(-c5cn[nH]c5)ccc43)CC2(C)C)ccc1F. The van der Waals surface area contributed by atoms with Crippen molar-refractivity contribution in [3.8, 4) is 11.3 Å². The molecule has 1 atom stereocenters. The van der Waals surface area contributed by atoms with Gasteiger partial charge in [0.05, 0.1) is 27.8 Å². The number of benzene rings is 1. The molecule has 1 aromatic carbocycles. The standard InChI is InChI=1S/C24H26FN5O2S/c1-16-10-19(4-5-20(16)25)33(31,32)30-15-17(11-24(30,2)3)14-29-9-8-22-23(29)7-6-21(28-22)18-12-26-27-13-18/h4-10,12-13,17H,11,14-15H2,1-3H3,(H,26,27). The van der Waals surface area contributed by atoms with E-state index in [0.717, 1.165) is 28.7 Å². The van der Waals surface area contributed by atoms with Gasteiger partial charge in [-0.3, -0.25) is 5.10 Å². The van der Waals surface area contributed by atoms with Crippen molar-refractivity contribution < 1.29 is 12.8 Å². The molecule has 4 heterocycles. The van der Waals surface area contributed by atoms with Crippen LogP contribution in [0.5, 0.6) is 0 Å². The van der Waals surface area contributed by atoms with Crippen molar-refractivity contribution in [1.82, 2.24) is 24.1 Å². The van der Waals surface area contributed by atoms with E-state index in [1.54, 1.807) is 17.4 Å². The van der Waals surface area contributed by atoms with Crippen molar-refractivity contribution >= 4 is 21.1 Å². The van der Waals surface area contributed by atoms with Gasteiger partial charge in [-0.2, -0.15) is 9.40 Å². The number of hydrogen-bond acceptors (Lipinski definition) is 4. The molecule has 9 heteroatoms. The fourth-order valence-corrected chi connectivity index (χ4v) is 6.82. The quantitative estimate of drug-likeness (QED) is 0.473. The summed E-state index contributed by atoms with van der Waals surface area (Å²) in [6.07, 6.45) is 6.28. The summed E-state index contributed by atoms with van der Waals surface area (Å²) in [7, 11) is -3.73. The summed E-state index contributed by atoms with van der Waals surface area (Å²) in [6.45, 7) is 6.58. The lowest BCUT2D eigenvalue weighted by molar-refractivity contribution is 0.291. The molecule has 0 amide bonds. The molecule has 5 rings (SSSR count). The number of aromatic amines is 1. The van der Waals surface area contributed by atoms with Gasteiger partial charge in [-0.15, -0.1) is 0 Å². The highest BCUT2D eigenvalue weighted by Crippen LogP contribution is 2.38. The molecule has 0 spiro atoms. The van der Waals surface area contributed by atoms with Gasteiger partial charge in [-0.25, -0.2) is 17.8 Å². The number of sulfonamides is 1. The molecule has 0 saturated carbocycles. The van der Waals surface area contributed by atoms with Crippen LogP contribution in [-0.2, 0) is 16.6 Å². The number of aromatic nitrogens is 4. The average molecular weight is 468 g/mol. The Morgan fingerprint density at radius 2 is 2.03 bits per heavy atom. The van der Waals surface area contributed by atoms with Crippen LogP contribution in [0, 0.1) is 18.7 Å². The Morgan fingerprint density at radius 3 is 2.76 bits per heavy atom. The van der Waals surface area contributed by atoms with Gasteiger partial charge in [0.25, 0.3) is 0 Å². The molecular formula is C24H26FN5O2S. The van der Waals surface area contributed by atoms with Gasteiger partial charge >= 0.3 is 0 Å². The molecule has 1 saturated heterocycles. The molecule has 1 fully saturated rings. The van der Waals surface area contributed by atoms with Crippen LogP contribution in [0.4, 0.5) is 4.39 Å². The zero-order valence-corrected chi connectivity index (χ0v) is 19.6. The number of rotatable bonds is 5. The Hall–Kier alpha value is -3.04. The van der Waals surface area contributed by atoms with Crippen LogP contribution in [0.1, 0.15) is 25.8 Å². The van der Waals surface area contributed by atoms with Crippen LogP contribution in [0.25, 0.3) is 22.3 Å². The first-order valence-corrected chi connectivity index (χ1v) is 12.3. The minimum Gasteiger partial charge on any atom is -0.346 e. The summed E-state index contributed by atoms with van der Waals surface area (Å²) in [6, 6.07) is 9.98. The Kier molecular flexibility index (Phi) is 5.13. The van der Waals surface area contributed by atoms with Gasteiger partial charge in [0.15, 0.2) is 0 Å². The maximum atomic E-state index is 13.7. The third-order valence-corrected chi connectivity index (χ3v) is 8.55. The van der Waals surface area contributed by atoms with E-state index in [1.165, 1.54) is 18.2 Å². The summed E-state index contributed by atoms with van der Waals surface area (Å²) in [5, 5.41) is 6.78. The fraction of sp³-hybridized carbons (Fsp3) is 0.333. The summed E-state index contributed by atoms with van der Waals surface area (Å²) in [5.41, 5.74) is 3.46. The third kappa shape index (κ3) is 3.85. The van der Waals surface area contributed by atoms with E-state index in [2.05, 4.69) is 14.8 Å². The maximum absolute atomic E-state index is 13.7. The number of H-pyrrole nitrogens is 1. The number of aryl methyl sites for hydroxylation is 1. The van der Waals surface area contributed by atoms with Crippen molar-refractivity contribution in [3.63, 3.8) is 0 Å². The highest BCUT2D eigenvalue weighted by Gasteiger charge is 2.45.